The molecule has 1 aliphatic carbocycles. The molecule has 1 aliphatic heterocycles. The number of carbonyl (C=O) groups excluding carboxylic acids is 2. The van der Waals surface area contributed by atoms with Crippen LogP contribution in [-0.2, 0) is 33.7 Å². The zero-order valence-corrected chi connectivity index (χ0v) is 18.4. The Kier molecular flexibility index (Phi) is 5.88. The Hall–Kier alpha value is -1.84. The van der Waals surface area contributed by atoms with Crippen LogP contribution in [0.2, 0.25) is 0 Å². The highest BCUT2D eigenvalue weighted by Crippen LogP contribution is 2.42. The quantitative estimate of drug-likeness (QED) is 0.713. The van der Waals surface area contributed by atoms with Gasteiger partial charge in [0.05, 0.1) is 19.4 Å². The topological polar surface area (TPSA) is 46.6 Å². The van der Waals surface area contributed by atoms with Crippen molar-refractivity contribution in [3.63, 3.8) is 0 Å². The third-order valence-corrected chi connectivity index (χ3v) is 7.17. The minimum atomic E-state index is -0.194. The van der Waals surface area contributed by atoms with Gasteiger partial charge in [0.1, 0.15) is 0 Å². The van der Waals surface area contributed by atoms with Crippen molar-refractivity contribution in [3.8, 4) is 0 Å². The molecule has 0 radical (unpaired) electrons. The second-order valence-corrected chi connectivity index (χ2v) is 9.24. The second-order valence-electron chi connectivity index (χ2n) is 9.24. The fraction of sp³-hybridized carbons (Fsp3) is 0.667. The summed E-state index contributed by atoms with van der Waals surface area (Å²) in [5.74, 6) is 0.0432. The smallest absolute Gasteiger partial charge is 0.310 e. The number of amides is 1. The van der Waals surface area contributed by atoms with Crippen LogP contribution in [0.25, 0.3) is 0 Å². The SMILES string of the molecule is CCOC(=O)Cc1c(C)c(C)c2c(c1C)CC(=O)N(C1CCCCC1(C)C)C2. The van der Waals surface area contributed by atoms with Crippen molar-refractivity contribution in [2.24, 2.45) is 5.41 Å². The Balaban J connectivity index is 1.97. The van der Waals surface area contributed by atoms with E-state index in [0.29, 0.717) is 25.6 Å². The van der Waals surface area contributed by atoms with Crippen LogP contribution < -0.4 is 0 Å². The lowest BCUT2D eigenvalue weighted by atomic mass is 9.71. The van der Waals surface area contributed by atoms with Gasteiger partial charge in [-0.25, -0.2) is 0 Å². The molecule has 1 aromatic rings. The third kappa shape index (κ3) is 3.70. The van der Waals surface area contributed by atoms with Crippen molar-refractivity contribution in [1.29, 1.82) is 0 Å². The van der Waals surface area contributed by atoms with E-state index in [-0.39, 0.29) is 23.7 Å². The number of rotatable bonds is 4. The lowest BCUT2D eigenvalue weighted by Gasteiger charge is -2.47. The zero-order chi connectivity index (χ0) is 20.6. The maximum atomic E-state index is 13.2. The normalized spacial score (nSPS) is 21.4. The van der Waals surface area contributed by atoms with Gasteiger partial charge in [-0.1, -0.05) is 26.7 Å². The van der Waals surface area contributed by atoms with Crippen LogP contribution in [0.5, 0.6) is 0 Å². The first-order chi connectivity index (χ1) is 13.2. The standard InChI is InChI=1S/C24H35NO3/c1-7-28-23(27)13-18-15(2)16(3)20-14-25(22(26)12-19(20)17(18)4)21-10-8-9-11-24(21,5)6/h21H,7-14H2,1-6H3. The van der Waals surface area contributed by atoms with Crippen LogP contribution in [0.3, 0.4) is 0 Å². The molecule has 0 spiro atoms. The van der Waals surface area contributed by atoms with Crippen LogP contribution in [0.15, 0.2) is 0 Å². The minimum Gasteiger partial charge on any atom is -0.466 e. The highest BCUT2D eigenvalue weighted by molar-refractivity contribution is 5.83. The molecule has 4 heteroatoms. The van der Waals surface area contributed by atoms with Crippen molar-refractivity contribution >= 4 is 11.9 Å². The summed E-state index contributed by atoms with van der Waals surface area (Å²) >= 11 is 0. The molecule has 3 rings (SSSR count). The molecule has 0 N–H and O–H groups in total. The molecule has 1 unspecified atom stereocenters. The average Bonchev–Trinajstić information content (AvgIpc) is 2.63. The van der Waals surface area contributed by atoms with E-state index in [2.05, 4.69) is 39.5 Å². The van der Waals surface area contributed by atoms with E-state index in [0.717, 1.165) is 23.1 Å². The highest BCUT2D eigenvalue weighted by atomic mass is 16.5. The average molecular weight is 386 g/mol. The van der Waals surface area contributed by atoms with Gasteiger partial charge in [-0.05, 0) is 79.3 Å². The number of ether oxygens (including phenoxy) is 1. The molecule has 0 saturated heterocycles. The maximum absolute atomic E-state index is 13.2. The maximum Gasteiger partial charge on any atom is 0.310 e. The van der Waals surface area contributed by atoms with E-state index in [9.17, 15) is 9.59 Å². The lowest BCUT2D eigenvalue weighted by Crippen LogP contribution is -2.51. The molecular formula is C24H35NO3. The molecule has 1 aromatic carbocycles. The van der Waals surface area contributed by atoms with Gasteiger partial charge < -0.3 is 9.64 Å². The fourth-order valence-corrected chi connectivity index (χ4v) is 5.29. The second kappa shape index (κ2) is 7.88. The Morgan fingerprint density at radius 2 is 1.82 bits per heavy atom. The van der Waals surface area contributed by atoms with E-state index < -0.39 is 0 Å². The van der Waals surface area contributed by atoms with Gasteiger partial charge in [0.15, 0.2) is 0 Å². The number of hydrogen-bond donors (Lipinski definition) is 0. The summed E-state index contributed by atoms with van der Waals surface area (Å²) in [6.07, 6.45) is 5.49. The monoisotopic (exact) mass is 385 g/mol. The molecule has 4 nitrogen and oxygen atoms in total. The molecule has 0 bridgehead atoms. The van der Waals surface area contributed by atoms with Crippen LogP contribution in [0, 0.1) is 26.2 Å². The van der Waals surface area contributed by atoms with Crippen molar-refractivity contribution in [3.05, 3.63) is 33.4 Å². The summed E-state index contributed by atoms with van der Waals surface area (Å²) in [4.78, 5) is 27.4. The zero-order valence-electron chi connectivity index (χ0n) is 18.4. The number of hydrogen-bond acceptors (Lipinski definition) is 3. The molecule has 1 saturated carbocycles. The third-order valence-electron chi connectivity index (χ3n) is 7.17. The van der Waals surface area contributed by atoms with Crippen molar-refractivity contribution in [2.75, 3.05) is 6.61 Å². The van der Waals surface area contributed by atoms with E-state index in [1.165, 1.54) is 36.0 Å². The largest absolute Gasteiger partial charge is 0.466 e. The van der Waals surface area contributed by atoms with Crippen molar-refractivity contribution in [1.82, 2.24) is 4.90 Å². The van der Waals surface area contributed by atoms with Crippen LogP contribution in [0.4, 0.5) is 0 Å². The summed E-state index contributed by atoms with van der Waals surface area (Å²) in [5.41, 5.74) is 7.14. The Morgan fingerprint density at radius 3 is 2.46 bits per heavy atom. The summed E-state index contributed by atoms with van der Waals surface area (Å²) in [7, 11) is 0. The molecule has 1 heterocycles. The van der Waals surface area contributed by atoms with Crippen LogP contribution in [-0.4, -0.2) is 29.4 Å². The first-order valence-corrected chi connectivity index (χ1v) is 10.7. The number of benzene rings is 1. The molecule has 2 aliphatic rings. The molecule has 1 fully saturated rings. The van der Waals surface area contributed by atoms with Crippen molar-refractivity contribution in [2.45, 2.75) is 92.7 Å². The van der Waals surface area contributed by atoms with E-state index in [4.69, 9.17) is 4.74 Å². The molecular weight excluding hydrogens is 350 g/mol. The van der Waals surface area contributed by atoms with Gasteiger partial charge in [0.2, 0.25) is 5.91 Å². The Labute approximate surface area is 169 Å². The van der Waals surface area contributed by atoms with E-state index in [1.807, 2.05) is 6.92 Å². The molecule has 28 heavy (non-hydrogen) atoms. The summed E-state index contributed by atoms with van der Waals surface area (Å²) in [5, 5.41) is 0. The fourth-order valence-electron chi connectivity index (χ4n) is 5.29. The van der Waals surface area contributed by atoms with Gasteiger partial charge in [-0.3, -0.25) is 9.59 Å². The molecule has 0 aromatic heterocycles. The Morgan fingerprint density at radius 1 is 1.11 bits per heavy atom. The van der Waals surface area contributed by atoms with Gasteiger partial charge in [-0.2, -0.15) is 0 Å². The number of fused-ring (bicyclic) bond motifs is 1. The van der Waals surface area contributed by atoms with E-state index in [1.54, 1.807) is 0 Å². The number of esters is 1. The Bertz CT molecular complexity index is 794. The first kappa shape index (κ1) is 20.9. The first-order valence-electron chi connectivity index (χ1n) is 10.7. The summed E-state index contributed by atoms with van der Waals surface area (Å²) < 4.78 is 5.17. The van der Waals surface area contributed by atoms with Crippen LogP contribution >= 0.6 is 0 Å². The van der Waals surface area contributed by atoms with Gasteiger partial charge >= 0.3 is 5.97 Å². The minimum absolute atomic E-state index is 0.174. The molecule has 154 valence electrons. The lowest BCUT2D eigenvalue weighted by molar-refractivity contribution is -0.142. The van der Waals surface area contributed by atoms with Gasteiger partial charge in [-0.15, -0.1) is 0 Å². The predicted molar refractivity (Wildman–Crippen MR) is 111 cm³/mol. The molecule has 1 atom stereocenters. The van der Waals surface area contributed by atoms with Crippen molar-refractivity contribution < 1.29 is 14.3 Å². The van der Waals surface area contributed by atoms with E-state index >= 15 is 0 Å². The molecule has 1 amide bonds. The highest BCUT2D eigenvalue weighted by Gasteiger charge is 2.40. The van der Waals surface area contributed by atoms with Gasteiger partial charge in [0.25, 0.3) is 0 Å². The van der Waals surface area contributed by atoms with Crippen LogP contribution in [0.1, 0.15) is 79.8 Å². The summed E-state index contributed by atoms with van der Waals surface area (Å²) in [6, 6.07) is 0.320. The van der Waals surface area contributed by atoms with Gasteiger partial charge in [0, 0.05) is 12.6 Å². The number of carbonyl (C=O) groups is 2. The summed E-state index contributed by atoms with van der Waals surface area (Å²) in [6.45, 7) is 13.9. The predicted octanol–water partition coefficient (Wildman–Crippen LogP) is 4.57. The number of nitrogens with zero attached hydrogens (tertiary/aromatic N) is 1.